The molecule has 0 spiro atoms. The van der Waals surface area contributed by atoms with Crippen LogP contribution in [0.2, 0.25) is 0 Å². The molecule has 1 aliphatic heterocycles. The number of rotatable bonds is 7. The van der Waals surface area contributed by atoms with Crippen molar-refractivity contribution in [1.29, 1.82) is 0 Å². The lowest BCUT2D eigenvalue weighted by Crippen LogP contribution is -2.27. The summed E-state index contributed by atoms with van der Waals surface area (Å²) < 4.78 is 73.4. The number of likely N-dealkylation sites (tertiary alicyclic amines) is 1. The number of carbonyl (C=O) groups excluding carboxylic acids is 1. The van der Waals surface area contributed by atoms with E-state index in [1.165, 1.54) is 48.1 Å². The Morgan fingerprint density at radius 3 is 2.00 bits per heavy atom. The lowest BCUT2D eigenvalue weighted by atomic mass is 10.2. The Kier molecular flexibility index (Phi) is 14.8. The molecule has 3 aromatic carbocycles. The van der Waals surface area contributed by atoms with Crippen LogP contribution in [0.3, 0.4) is 0 Å². The van der Waals surface area contributed by atoms with E-state index in [0.717, 1.165) is 42.3 Å². The molecule has 0 unspecified atom stereocenters. The molecule has 1 amide bonds. The van der Waals surface area contributed by atoms with Gasteiger partial charge in [-0.2, -0.15) is 16.8 Å². The molecule has 5 N–H and O–H groups in total. The number of pyridine rings is 1. The van der Waals surface area contributed by atoms with Gasteiger partial charge in [-0.3, -0.25) is 24.0 Å². The number of hydroxylamine groups is 1. The summed E-state index contributed by atoms with van der Waals surface area (Å²) in [6, 6.07) is 23.2. The number of aryl methyl sites for hydroxylation is 2. The fraction of sp³-hybridized carbons (Fsp3) is 0.200. The summed E-state index contributed by atoms with van der Waals surface area (Å²) in [7, 11) is -8.04. The van der Waals surface area contributed by atoms with E-state index in [9.17, 15) is 26.0 Å². The van der Waals surface area contributed by atoms with Gasteiger partial charge < -0.3 is 5.32 Å². The number of hydrogen-bond acceptors (Lipinski definition) is 9. The van der Waals surface area contributed by atoms with Crippen LogP contribution in [-0.2, 0) is 25.0 Å². The third kappa shape index (κ3) is 13.9. The van der Waals surface area contributed by atoms with Gasteiger partial charge >= 0.3 is 0 Å². The van der Waals surface area contributed by atoms with Crippen molar-refractivity contribution in [2.45, 2.75) is 36.1 Å². The maximum Gasteiger partial charge on any atom is 0.294 e. The Balaban J connectivity index is 0.000000251. The highest BCUT2D eigenvalue weighted by Crippen LogP contribution is 2.18. The number of carbonyl (C=O) groups is 1. The topological polar surface area (TPSA) is 186 Å². The molecule has 1 atom stereocenters. The minimum absolute atomic E-state index is 0.0666. The molecular weight excluding hydrogens is 688 g/mol. The molecule has 1 fully saturated rings. The van der Waals surface area contributed by atoms with Gasteiger partial charge in [0, 0.05) is 37.0 Å². The van der Waals surface area contributed by atoms with Crippen molar-refractivity contribution in [2.75, 3.05) is 25.0 Å². The number of nitrogens with zero attached hydrogens (tertiary/aromatic N) is 2. The first-order valence-corrected chi connectivity index (χ1v) is 17.9. The SMILES string of the molecule is Cc1ccc(S(=O)(=O)O)cc1.Cc1ccc(S(=O)(=O)O)cc1.O=C(C=Cc1cnc(N[C@@H]2CCN(CC#Cc3ccccc3)C2)c(F)c1)NO. The van der Waals surface area contributed by atoms with Crippen LogP contribution in [0.25, 0.3) is 6.08 Å². The van der Waals surface area contributed by atoms with Gasteiger partial charge in [-0.05, 0) is 74.4 Å². The minimum Gasteiger partial charge on any atom is -0.364 e. The molecule has 1 aromatic heterocycles. The van der Waals surface area contributed by atoms with Crippen molar-refractivity contribution < 1.29 is 40.3 Å². The third-order valence-electron chi connectivity index (χ3n) is 6.96. The fourth-order valence-electron chi connectivity index (χ4n) is 4.34. The summed E-state index contributed by atoms with van der Waals surface area (Å²) in [6.45, 7) is 6.00. The van der Waals surface area contributed by atoms with Crippen molar-refractivity contribution in [3.8, 4) is 11.8 Å². The summed E-state index contributed by atoms with van der Waals surface area (Å²) in [5.41, 5.74) is 4.80. The Hall–Kier alpha value is -4.95. The van der Waals surface area contributed by atoms with Gasteiger partial charge in [-0.1, -0.05) is 65.4 Å². The minimum atomic E-state index is -4.02. The van der Waals surface area contributed by atoms with Gasteiger partial charge in [-0.15, -0.1) is 0 Å². The Labute approximate surface area is 291 Å². The molecular formula is C35H37FN4O8S2. The maximum atomic E-state index is 14.3. The summed E-state index contributed by atoms with van der Waals surface area (Å²) in [5.74, 6) is 5.32. The van der Waals surface area contributed by atoms with Crippen LogP contribution in [0.5, 0.6) is 0 Å². The number of aromatic nitrogens is 1. The predicted molar refractivity (Wildman–Crippen MR) is 187 cm³/mol. The van der Waals surface area contributed by atoms with E-state index in [1.54, 1.807) is 24.3 Å². The van der Waals surface area contributed by atoms with Gasteiger partial charge in [0.05, 0.1) is 16.3 Å². The number of halogens is 1. The Bertz CT molecular complexity index is 1960. The van der Waals surface area contributed by atoms with Crippen molar-refractivity contribution >= 4 is 38.0 Å². The third-order valence-corrected chi connectivity index (χ3v) is 8.70. The fourth-order valence-corrected chi connectivity index (χ4v) is 5.30. The number of benzene rings is 3. The van der Waals surface area contributed by atoms with E-state index in [-0.39, 0.29) is 21.7 Å². The molecule has 5 rings (SSSR count). The highest BCUT2D eigenvalue weighted by molar-refractivity contribution is 7.86. The molecule has 1 aliphatic rings. The van der Waals surface area contributed by atoms with E-state index in [2.05, 4.69) is 27.0 Å². The average molecular weight is 725 g/mol. The van der Waals surface area contributed by atoms with Crippen LogP contribution in [0.15, 0.2) is 107 Å². The second-order valence-electron chi connectivity index (χ2n) is 11.0. The molecule has 15 heteroatoms. The lowest BCUT2D eigenvalue weighted by Gasteiger charge is -2.15. The maximum absolute atomic E-state index is 14.3. The first kappa shape index (κ1) is 39.5. The van der Waals surface area contributed by atoms with E-state index < -0.39 is 32.0 Å². The zero-order chi connectivity index (χ0) is 36.7. The van der Waals surface area contributed by atoms with Crippen LogP contribution < -0.4 is 10.8 Å². The number of amides is 1. The van der Waals surface area contributed by atoms with Crippen LogP contribution in [0.1, 0.15) is 28.7 Å². The van der Waals surface area contributed by atoms with Crippen molar-refractivity contribution in [2.24, 2.45) is 0 Å². The molecule has 12 nitrogen and oxygen atoms in total. The zero-order valence-corrected chi connectivity index (χ0v) is 28.8. The van der Waals surface area contributed by atoms with Crippen LogP contribution in [0.4, 0.5) is 10.2 Å². The number of hydrogen-bond donors (Lipinski definition) is 5. The summed E-state index contributed by atoms with van der Waals surface area (Å²) in [5, 5.41) is 11.6. The summed E-state index contributed by atoms with van der Waals surface area (Å²) in [6.07, 6.45) is 4.81. The van der Waals surface area contributed by atoms with E-state index in [0.29, 0.717) is 12.1 Å². The van der Waals surface area contributed by atoms with E-state index >= 15 is 0 Å². The predicted octanol–water partition coefficient (Wildman–Crippen LogP) is 4.76. The Morgan fingerprint density at radius 1 is 0.940 bits per heavy atom. The molecule has 0 saturated carbocycles. The normalized spacial score (nSPS) is 14.3. The largest absolute Gasteiger partial charge is 0.364 e. The van der Waals surface area contributed by atoms with Gasteiger partial charge in [-0.25, -0.2) is 14.9 Å². The second-order valence-corrected chi connectivity index (χ2v) is 13.9. The zero-order valence-electron chi connectivity index (χ0n) is 27.2. The van der Waals surface area contributed by atoms with Gasteiger partial charge in [0.25, 0.3) is 26.1 Å². The van der Waals surface area contributed by atoms with Gasteiger partial charge in [0.1, 0.15) is 0 Å². The smallest absolute Gasteiger partial charge is 0.294 e. The van der Waals surface area contributed by atoms with Crippen LogP contribution in [-0.4, -0.2) is 72.6 Å². The van der Waals surface area contributed by atoms with Gasteiger partial charge in [0.2, 0.25) is 0 Å². The average Bonchev–Trinajstić information content (AvgIpc) is 3.52. The first-order valence-electron chi connectivity index (χ1n) is 15.0. The molecule has 0 aliphatic carbocycles. The lowest BCUT2D eigenvalue weighted by molar-refractivity contribution is -0.124. The second kappa shape index (κ2) is 18.7. The van der Waals surface area contributed by atoms with Crippen LogP contribution in [0, 0.1) is 31.5 Å². The van der Waals surface area contributed by atoms with Crippen molar-refractivity contribution in [3.05, 3.63) is 125 Å². The molecule has 4 aromatic rings. The molecule has 1 saturated heterocycles. The summed E-state index contributed by atoms with van der Waals surface area (Å²) in [4.78, 5) is 17.1. The molecule has 50 heavy (non-hydrogen) atoms. The highest BCUT2D eigenvalue weighted by Gasteiger charge is 2.22. The standard InChI is InChI=1S/C21H21FN4O2.2C7H8O3S/c22-19-13-17(8-9-20(27)25-28)14-23-21(19)24-18-10-12-26(15-18)11-4-7-16-5-2-1-3-6-16;2*1-6-2-4-7(5-3-6)11(8,9)10/h1-3,5-6,8-9,13-14,18,28H,10-12,15H2,(H,23,24)(H,25,27);2*2-5H,1H3,(H,8,9,10)/t18-;;/m1../s1. The number of anilines is 1. The van der Waals surface area contributed by atoms with Crippen molar-refractivity contribution in [1.82, 2.24) is 15.4 Å². The van der Waals surface area contributed by atoms with Crippen LogP contribution >= 0.6 is 0 Å². The molecule has 2 heterocycles. The van der Waals surface area contributed by atoms with E-state index in [1.807, 2.05) is 44.2 Å². The molecule has 0 radical (unpaired) electrons. The van der Waals surface area contributed by atoms with E-state index in [4.69, 9.17) is 14.3 Å². The molecule has 264 valence electrons. The summed E-state index contributed by atoms with van der Waals surface area (Å²) >= 11 is 0. The number of nitrogens with one attached hydrogen (secondary N) is 2. The monoisotopic (exact) mass is 724 g/mol. The first-order chi connectivity index (χ1) is 23.6. The van der Waals surface area contributed by atoms with Gasteiger partial charge in [0.15, 0.2) is 11.6 Å². The van der Waals surface area contributed by atoms with Crippen molar-refractivity contribution in [3.63, 3.8) is 0 Å². The Morgan fingerprint density at radius 2 is 1.50 bits per heavy atom. The molecule has 0 bridgehead atoms. The highest BCUT2D eigenvalue weighted by atomic mass is 32.2. The quantitative estimate of drug-likeness (QED) is 0.0582.